The van der Waals surface area contributed by atoms with Crippen molar-refractivity contribution in [1.82, 2.24) is 5.32 Å². The molecule has 3 nitrogen and oxygen atoms in total. The Labute approximate surface area is 84.4 Å². The van der Waals surface area contributed by atoms with Crippen molar-refractivity contribution in [2.45, 2.75) is 12.5 Å². The summed E-state index contributed by atoms with van der Waals surface area (Å²) >= 11 is 0. The van der Waals surface area contributed by atoms with Gasteiger partial charge in [-0.05, 0) is 25.6 Å². The molecule has 3 heteroatoms. The van der Waals surface area contributed by atoms with E-state index in [0.29, 0.717) is 11.8 Å². The van der Waals surface area contributed by atoms with Gasteiger partial charge in [0, 0.05) is 30.9 Å². The third-order valence-electron chi connectivity index (χ3n) is 2.93. The van der Waals surface area contributed by atoms with Gasteiger partial charge in [-0.1, -0.05) is 6.07 Å². The van der Waals surface area contributed by atoms with E-state index in [-0.39, 0.29) is 0 Å². The number of rotatable bonds is 2. The van der Waals surface area contributed by atoms with Crippen molar-refractivity contribution in [3.05, 3.63) is 23.8 Å². The topological polar surface area (TPSA) is 35.5 Å². The standard InChI is InChI=1S/C11H16N2O/c1-12-7-8-6-9-10(13(8)2)4-3-5-11(9)14/h3-5,8,12,14H,6-7H2,1-2H3. The maximum absolute atomic E-state index is 9.69. The molecule has 0 bridgehead atoms. The molecule has 1 aliphatic rings. The molecule has 1 atom stereocenters. The fourth-order valence-corrected chi connectivity index (χ4v) is 2.12. The predicted octanol–water partition coefficient (Wildman–Crippen LogP) is 0.972. The maximum Gasteiger partial charge on any atom is 0.120 e. The summed E-state index contributed by atoms with van der Waals surface area (Å²) in [6, 6.07) is 6.18. The Morgan fingerprint density at radius 3 is 3.00 bits per heavy atom. The highest BCUT2D eigenvalue weighted by Gasteiger charge is 2.27. The minimum Gasteiger partial charge on any atom is -0.508 e. The Hall–Kier alpha value is -1.22. The zero-order valence-corrected chi connectivity index (χ0v) is 8.62. The number of nitrogens with zero attached hydrogens (tertiary/aromatic N) is 1. The molecule has 0 saturated carbocycles. The Morgan fingerprint density at radius 2 is 2.36 bits per heavy atom. The van der Waals surface area contributed by atoms with Crippen LogP contribution in [0.15, 0.2) is 18.2 Å². The monoisotopic (exact) mass is 192 g/mol. The van der Waals surface area contributed by atoms with Gasteiger partial charge in [0.2, 0.25) is 0 Å². The third-order valence-corrected chi connectivity index (χ3v) is 2.93. The lowest BCUT2D eigenvalue weighted by Gasteiger charge is -2.21. The highest BCUT2D eigenvalue weighted by Crippen LogP contribution is 2.36. The predicted molar refractivity (Wildman–Crippen MR) is 57.9 cm³/mol. The van der Waals surface area contributed by atoms with Crippen molar-refractivity contribution in [3.63, 3.8) is 0 Å². The number of aromatic hydroxyl groups is 1. The van der Waals surface area contributed by atoms with E-state index in [2.05, 4.69) is 23.3 Å². The molecule has 2 rings (SSSR count). The average molecular weight is 192 g/mol. The number of benzene rings is 1. The van der Waals surface area contributed by atoms with Gasteiger partial charge >= 0.3 is 0 Å². The van der Waals surface area contributed by atoms with E-state index in [9.17, 15) is 5.11 Å². The maximum atomic E-state index is 9.69. The van der Waals surface area contributed by atoms with Gasteiger partial charge in [-0.3, -0.25) is 0 Å². The van der Waals surface area contributed by atoms with Crippen LogP contribution in [0.1, 0.15) is 5.56 Å². The second kappa shape index (κ2) is 3.50. The second-order valence-electron chi connectivity index (χ2n) is 3.80. The molecule has 0 amide bonds. The van der Waals surface area contributed by atoms with Crippen LogP contribution in [0.5, 0.6) is 5.75 Å². The summed E-state index contributed by atoms with van der Waals surface area (Å²) in [5, 5.41) is 12.9. The van der Waals surface area contributed by atoms with Gasteiger partial charge in [0.15, 0.2) is 0 Å². The van der Waals surface area contributed by atoms with E-state index in [0.717, 1.165) is 24.2 Å². The fraction of sp³-hybridized carbons (Fsp3) is 0.455. The number of likely N-dealkylation sites (N-methyl/N-ethyl adjacent to an activating group) is 2. The first-order valence-electron chi connectivity index (χ1n) is 4.92. The number of phenolic OH excluding ortho intramolecular Hbond substituents is 1. The Bertz CT molecular complexity index is 338. The number of fused-ring (bicyclic) bond motifs is 1. The Kier molecular flexibility index (Phi) is 2.33. The van der Waals surface area contributed by atoms with E-state index in [4.69, 9.17) is 0 Å². The Morgan fingerprint density at radius 1 is 1.57 bits per heavy atom. The summed E-state index contributed by atoms with van der Waals surface area (Å²) < 4.78 is 0. The molecule has 0 spiro atoms. The van der Waals surface area contributed by atoms with Crippen molar-refractivity contribution in [2.24, 2.45) is 0 Å². The largest absolute Gasteiger partial charge is 0.508 e. The van der Waals surface area contributed by atoms with Crippen molar-refractivity contribution in [3.8, 4) is 5.75 Å². The molecular weight excluding hydrogens is 176 g/mol. The fourth-order valence-electron chi connectivity index (χ4n) is 2.12. The van der Waals surface area contributed by atoms with Gasteiger partial charge in [-0.2, -0.15) is 0 Å². The molecule has 1 aliphatic heterocycles. The number of hydrogen-bond donors (Lipinski definition) is 2. The summed E-state index contributed by atoms with van der Waals surface area (Å²) in [5.74, 6) is 0.424. The molecule has 0 aromatic heterocycles. The summed E-state index contributed by atoms with van der Waals surface area (Å²) in [6.07, 6.45) is 0.930. The van der Waals surface area contributed by atoms with Crippen LogP contribution < -0.4 is 10.2 Å². The molecule has 0 radical (unpaired) electrons. The molecule has 14 heavy (non-hydrogen) atoms. The molecule has 1 aromatic carbocycles. The summed E-state index contributed by atoms with van der Waals surface area (Å²) in [6.45, 7) is 0.949. The number of phenols is 1. The van der Waals surface area contributed by atoms with Crippen LogP contribution in [0.2, 0.25) is 0 Å². The summed E-state index contributed by atoms with van der Waals surface area (Å²) in [7, 11) is 4.03. The first-order chi connectivity index (χ1) is 6.74. The molecule has 76 valence electrons. The number of nitrogens with one attached hydrogen (secondary N) is 1. The van der Waals surface area contributed by atoms with E-state index < -0.39 is 0 Å². The van der Waals surface area contributed by atoms with Crippen molar-refractivity contribution in [1.29, 1.82) is 0 Å². The van der Waals surface area contributed by atoms with E-state index in [1.54, 1.807) is 6.07 Å². The third kappa shape index (κ3) is 1.34. The van der Waals surface area contributed by atoms with Crippen LogP contribution in [-0.2, 0) is 6.42 Å². The molecule has 0 fully saturated rings. The highest BCUT2D eigenvalue weighted by molar-refractivity contribution is 5.63. The first kappa shape index (κ1) is 9.34. The lowest BCUT2D eigenvalue weighted by atomic mass is 10.1. The Balaban J connectivity index is 2.30. The van der Waals surface area contributed by atoms with Crippen LogP contribution in [0.4, 0.5) is 5.69 Å². The smallest absolute Gasteiger partial charge is 0.120 e. The van der Waals surface area contributed by atoms with Gasteiger partial charge in [-0.15, -0.1) is 0 Å². The van der Waals surface area contributed by atoms with Crippen LogP contribution in [0, 0.1) is 0 Å². The minimum absolute atomic E-state index is 0.424. The zero-order valence-electron chi connectivity index (χ0n) is 8.62. The van der Waals surface area contributed by atoms with Crippen molar-refractivity contribution >= 4 is 5.69 Å². The molecular formula is C11H16N2O. The average Bonchev–Trinajstić information content (AvgIpc) is 2.48. The normalized spacial score (nSPS) is 19.9. The van der Waals surface area contributed by atoms with Crippen LogP contribution in [-0.4, -0.2) is 31.8 Å². The molecule has 1 aromatic rings. The van der Waals surface area contributed by atoms with E-state index >= 15 is 0 Å². The van der Waals surface area contributed by atoms with Crippen LogP contribution >= 0.6 is 0 Å². The van der Waals surface area contributed by atoms with Gasteiger partial charge in [0.25, 0.3) is 0 Å². The van der Waals surface area contributed by atoms with Crippen molar-refractivity contribution < 1.29 is 5.11 Å². The molecule has 2 N–H and O–H groups in total. The quantitative estimate of drug-likeness (QED) is 0.733. The van der Waals surface area contributed by atoms with E-state index in [1.807, 2.05) is 13.1 Å². The van der Waals surface area contributed by atoms with Crippen molar-refractivity contribution in [2.75, 3.05) is 25.5 Å². The van der Waals surface area contributed by atoms with Crippen LogP contribution in [0.25, 0.3) is 0 Å². The first-order valence-corrected chi connectivity index (χ1v) is 4.92. The van der Waals surface area contributed by atoms with Gasteiger partial charge in [0.1, 0.15) is 5.75 Å². The van der Waals surface area contributed by atoms with Gasteiger partial charge in [0.05, 0.1) is 0 Å². The SMILES string of the molecule is CNCC1Cc2c(O)cccc2N1C. The lowest BCUT2D eigenvalue weighted by molar-refractivity contribution is 0.468. The minimum atomic E-state index is 0.424. The summed E-state index contributed by atoms with van der Waals surface area (Å²) in [5.41, 5.74) is 2.24. The molecule has 0 saturated heterocycles. The molecule has 1 heterocycles. The molecule has 0 aliphatic carbocycles. The highest BCUT2D eigenvalue weighted by atomic mass is 16.3. The molecule has 1 unspecified atom stereocenters. The number of hydrogen-bond acceptors (Lipinski definition) is 3. The van der Waals surface area contributed by atoms with Gasteiger partial charge < -0.3 is 15.3 Å². The van der Waals surface area contributed by atoms with E-state index in [1.165, 1.54) is 0 Å². The zero-order chi connectivity index (χ0) is 10.1. The lowest BCUT2D eigenvalue weighted by Crippen LogP contribution is -2.36. The van der Waals surface area contributed by atoms with Gasteiger partial charge in [-0.25, -0.2) is 0 Å². The summed E-state index contributed by atoms with van der Waals surface area (Å²) in [4.78, 5) is 2.23. The van der Waals surface area contributed by atoms with Crippen LogP contribution in [0.3, 0.4) is 0 Å². The number of anilines is 1. The second-order valence-corrected chi connectivity index (χ2v) is 3.80.